The second-order valence-corrected chi connectivity index (χ2v) is 9.46. The van der Waals surface area contributed by atoms with E-state index in [1.807, 2.05) is 23.5 Å². The summed E-state index contributed by atoms with van der Waals surface area (Å²) >= 11 is 3.73. The normalized spacial score (nSPS) is 36.0. The number of hydrogen-bond donors (Lipinski definition) is 1. The number of nitrogens with one attached hydrogen (secondary N) is 1. The summed E-state index contributed by atoms with van der Waals surface area (Å²) in [5, 5.41) is 4.04. The summed E-state index contributed by atoms with van der Waals surface area (Å²) in [6, 6.07) is 6.97. The Balaban J connectivity index is 1.48. The topological polar surface area (TPSA) is 12.0 Å². The van der Waals surface area contributed by atoms with Gasteiger partial charge in [-0.2, -0.15) is 0 Å². The van der Waals surface area contributed by atoms with Crippen molar-refractivity contribution in [2.24, 2.45) is 17.8 Å². The van der Waals surface area contributed by atoms with Crippen LogP contribution in [0.2, 0.25) is 0 Å². The summed E-state index contributed by atoms with van der Waals surface area (Å²) < 4.78 is 0. The third-order valence-corrected chi connectivity index (χ3v) is 7.73. The Morgan fingerprint density at radius 1 is 1.00 bits per heavy atom. The first-order valence-corrected chi connectivity index (χ1v) is 11.1. The standard InChI is InChI=1S/C19H27NS2/c1-21-17-4-3-16(18(8-17)22-2)12-20-19-9-13-5-14(10-19)7-15(6-13)11-19/h3-4,8,13-15,20H,5-7,9-12H2,1-2H3. The first kappa shape index (κ1) is 15.4. The van der Waals surface area contributed by atoms with Crippen molar-refractivity contribution in [2.75, 3.05) is 12.5 Å². The highest BCUT2D eigenvalue weighted by molar-refractivity contribution is 7.99. The van der Waals surface area contributed by atoms with Gasteiger partial charge in [0.1, 0.15) is 0 Å². The summed E-state index contributed by atoms with van der Waals surface area (Å²) in [6.07, 6.45) is 13.3. The molecule has 4 saturated carbocycles. The van der Waals surface area contributed by atoms with Gasteiger partial charge in [0.05, 0.1) is 0 Å². The minimum atomic E-state index is 0.475. The van der Waals surface area contributed by atoms with E-state index in [4.69, 9.17) is 0 Å². The van der Waals surface area contributed by atoms with Crippen molar-refractivity contribution < 1.29 is 0 Å². The maximum Gasteiger partial charge on any atom is 0.0221 e. The van der Waals surface area contributed by atoms with E-state index >= 15 is 0 Å². The molecule has 1 aromatic carbocycles. The molecule has 4 bridgehead atoms. The molecule has 4 aliphatic carbocycles. The highest BCUT2D eigenvalue weighted by Gasteiger charge is 2.50. The van der Waals surface area contributed by atoms with Gasteiger partial charge in [-0.1, -0.05) is 6.07 Å². The average Bonchev–Trinajstić information content (AvgIpc) is 2.51. The van der Waals surface area contributed by atoms with E-state index in [1.54, 1.807) is 0 Å². The summed E-state index contributed by atoms with van der Waals surface area (Å²) in [5.41, 5.74) is 1.96. The van der Waals surface area contributed by atoms with Crippen molar-refractivity contribution in [3.63, 3.8) is 0 Å². The molecule has 0 heterocycles. The maximum atomic E-state index is 4.04. The largest absolute Gasteiger partial charge is 0.307 e. The van der Waals surface area contributed by atoms with Gasteiger partial charge in [-0.05, 0) is 86.5 Å². The predicted molar refractivity (Wildman–Crippen MR) is 97.7 cm³/mol. The Morgan fingerprint density at radius 2 is 1.64 bits per heavy atom. The molecule has 0 saturated heterocycles. The zero-order valence-electron chi connectivity index (χ0n) is 13.7. The van der Waals surface area contributed by atoms with Crippen LogP contribution >= 0.6 is 23.5 Å². The minimum Gasteiger partial charge on any atom is -0.307 e. The van der Waals surface area contributed by atoms with E-state index in [9.17, 15) is 0 Å². The van der Waals surface area contributed by atoms with Gasteiger partial charge in [0.15, 0.2) is 0 Å². The van der Waals surface area contributed by atoms with E-state index < -0.39 is 0 Å². The molecule has 1 nitrogen and oxygen atoms in total. The lowest BCUT2D eigenvalue weighted by Crippen LogP contribution is -2.58. The van der Waals surface area contributed by atoms with Crippen molar-refractivity contribution in [2.45, 2.75) is 60.4 Å². The molecule has 1 N–H and O–H groups in total. The van der Waals surface area contributed by atoms with E-state index in [0.717, 1.165) is 24.3 Å². The van der Waals surface area contributed by atoms with Gasteiger partial charge < -0.3 is 5.32 Å². The first-order chi connectivity index (χ1) is 10.7. The summed E-state index contributed by atoms with van der Waals surface area (Å²) in [6.45, 7) is 1.05. The third-order valence-electron chi connectivity index (χ3n) is 6.19. The van der Waals surface area contributed by atoms with Gasteiger partial charge >= 0.3 is 0 Å². The van der Waals surface area contributed by atoms with Crippen LogP contribution in [0.15, 0.2) is 28.0 Å². The van der Waals surface area contributed by atoms with Crippen molar-refractivity contribution in [1.82, 2.24) is 5.32 Å². The number of thioether (sulfide) groups is 2. The van der Waals surface area contributed by atoms with Gasteiger partial charge in [0, 0.05) is 21.9 Å². The predicted octanol–water partition coefficient (Wildman–Crippen LogP) is 5.19. The van der Waals surface area contributed by atoms with Crippen LogP contribution in [0.1, 0.15) is 44.1 Å². The monoisotopic (exact) mass is 333 g/mol. The molecule has 5 rings (SSSR count). The maximum absolute atomic E-state index is 4.04. The van der Waals surface area contributed by atoms with Gasteiger partial charge in [0.2, 0.25) is 0 Å². The number of benzene rings is 1. The van der Waals surface area contributed by atoms with Gasteiger partial charge in [-0.15, -0.1) is 23.5 Å². The summed E-state index contributed by atoms with van der Waals surface area (Å²) in [5.74, 6) is 3.08. The minimum absolute atomic E-state index is 0.475. The molecule has 1 aromatic rings. The second-order valence-electron chi connectivity index (χ2n) is 7.73. The Kier molecular flexibility index (Phi) is 4.25. The molecule has 120 valence electrons. The fourth-order valence-electron chi connectivity index (χ4n) is 5.61. The Hall–Kier alpha value is -0.120. The molecular weight excluding hydrogens is 306 g/mol. The lowest BCUT2D eigenvalue weighted by Gasteiger charge is -2.57. The molecule has 0 atom stereocenters. The van der Waals surface area contributed by atoms with Crippen LogP contribution < -0.4 is 5.32 Å². The van der Waals surface area contributed by atoms with Crippen LogP contribution in [0.3, 0.4) is 0 Å². The van der Waals surface area contributed by atoms with E-state index in [1.165, 1.54) is 53.9 Å². The van der Waals surface area contributed by atoms with Crippen LogP contribution in [0.5, 0.6) is 0 Å². The van der Waals surface area contributed by atoms with Crippen LogP contribution in [0, 0.1) is 17.8 Å². The first-order valence-electron chi connectivity index (χ1n) is 8.65. The third kappa shape index (κ3) is 2.85. The molecule has 22 heavy (non-hydrogen) atoms. The Bertz CT molecular complexity index is 519. The molecular formula is C19H27NS2. The molecule has 0 aliphatic heterocycles. The fraction of sp³-hybridized carbons (Fsp3) is 0.684. The zero-order valence-corrected chi connectivity index (χ0v) is 15.4. The molecule has 0 spiro atoms. The van der Waals surface area contributed by atoms with E-state index in [0.29, 0.717) is 5.54 Å². The van der Waals surface area contributed by atoms with E-state index in [2.05, 4.69) is 36.0 Å². The summed E-state index contributed by atoms with van der Waals surface area (Å²) in [7, 11) is 0. The van der Waals surface area contributed by atoms with Gasteiger partial charge in [-0.3, -0.25) is 0 Å². The second kappa shape index (κ2) is 6.07. The van der Waals surface area contributed by atoms with E-state index in [-0.39, 0.29) is 0 Å². The quantitative estimate of drug-likeness (QED) is 0.745. The average molecular weight is 334 g/mol. The van der Waals surface area contributed by atoms with Crippen LogP contribution in [-0.4, -0.2) is 18.1 Å². The summed E-state index contributed by atoms with van der Waals surface area (Å²) in [4.78, 5) is 2.83. The highest BCUT2D eigenvalue weighted by Crippen LogP contribution is 2.55. The molecule has 4 aliphatic rings. The van der Waals surface area contributed by atoms with Gasteiger partial charge in [-0.25, -0.2) is 0 Å². The molecule has 0 radical (unpaired) electrons. The fourth-order valence-corrected chi connectivity index (χ4v) is 6.77. The lowest BCUT2D eigenvalue weighted by atomic mass is 9.53. The van der Waals surface area contributed by atoms with Crippen LogP contribution in [0.4, 0.5) is 0 Å². The Labute approximate surface area is 143 Å². The van der Waals surface area contributed by atoms with Gasteiger partial charge in [0.25, 0.3) is 0 Å². The molecule has 0 unspecified atom stereocenters. The van der Waals surface area contributed by atoms with Crippen molar-refractivity contribution in [3.05, 3.63) is 23.8 Å². The van der Waals surface area contributed by atoms with Crippen molar-refractivity contribution >= 4 is 23.5 Å². The Morgan fingerprint density at radius 3 is 2.18 bits per heavy atom. The van der Waals surface area contributed by atoms with Crippen molar-refractivity contribution in [1.29, 1.82) is 0 Å². The molecule has 0 amide bonds. The SMILES string of the molecule is CSc1ccc(CNC23CC4CC(CC(C4)C2)C3)c(SC)c1. The molecule has 3 heteroatoms. The van der Waals surface area contributed by atoms with Crippen LogP contribution in [0.25, 0.3) is 0 Å². The molecule has 4 fully saturated rings. The number of hydrogen-bond acceptors (Lipinski definition) is 3. The zero-order chi connectivity index (χ0) is 15.2. The van der Waals surface area contributed by atoms with Crippen LogP contribution in [-0.2, 0) is 6.54 Å². The lowest BCUT2D eigenvalue weighted by molar-refractivity contribution is -0.0206. The smallest absolute Gasteiger partial charge is 0.0221 e. The highest BCUT2D eigenvalue weighted by atomic mass is 32.2. The van der Waals surface area contributed by atoms with Crippen molar-refractivity contribution in [3.8, 4) is 0 Å². The molecule has 0 aromatic heterocycles. The number of rotatable bonds is 5.